The third-order valence-corrected chi connectivity index (χ3v) is 16.8. The van der Waals surface area contributed by atoms with Crippen molar-refractivity contribution in [2.45, 2.75) is 164 Å². The average molecular weight is 757 g/mol. The van der Waals surface area contributed by atoms with Crippen LogP contribution in [0.15, 0.2) is 35.4 Å². The number of esters is 1. The second kappa shape index (κ2) is 14.8. The van der Waals surface area contributed by atoms with E-state index in [4.69, 9.17) is 4.74 Å². The Morgan fingerprint density at radius 2 is 1.69 bits per heavy atom. The Kier molecular flexibility index (Phi) is 11.0. The van der Waals surface area contributed by atoms with E-state index in [-0.39, 0.29) is 52.6 Å². The summed E-state index contributed by atoms with van der Waals surface area (Å²) in [5, 5.41) is 16.4. The van der Waals surface area contributed by atoms with Crippen LogP contribution >= 0.6 is 0 Å². The molecule has 304 valence electrons. The molecule has 5 aliphatic carbocycles. The van der Waals surface area contributed by atoms with Crippen LogP contribution in [0.3, 0.4) is 0 Å². The standard InChI is InChI=1S/C48H72N2O5/c1-30(2)42-35(52)25-48(38(53)28-50(40-11-10-24-49-40)27-32-14-12-31(3)13-15-32)23-18-34-33(43(42)48)16-17-37-46(34,8)21-19-36-45(6,7)39(20-22-47(36,37)9)55-41(54)26-44(4,5)29-51/h12-15,29-30,33-34,36-40,49,53H,10-11,16-28H2,1-9H3. The molecule has 1 heterocycles. The van der Waals surface area contributed by atoms with Crippen molar-refractivity contribution in [3.05, 3.63) is 46.5 Å². The van der Waals surface area contributed by atoms with Gasteiger partial charge in [-0.2, -0.15) is 0 Å². The zero-order valence-electron chi connectivity index (χ0n) is 35.6. The lowest BCUT2D eigenvalue weighted by atomic mass is 9.36. The van der Waals surface area contributed by atoms with Gasteiger partial charge in [0.2, 0.25) is 0 Å². The zero-order valence-corrected chi connectivity index (χ0v) is 35.6. The van der Waals surface area contributed by atoms with E-state index in [0.29, 0.717) is 36.6 Å². The zero-order chi connectivity index (χ0) is 39.7. The summed E-state index contributed by atoms with van der Waals surface area (Å²) < 4.78 is 6.24. The number of nitrogens with one attached hydrogen (secondary N) is 1. The fourth-order valence-corrected chi connectivity index (χ4v) is 14.2. The van der Waals surface area contributed by atoms with E-state index in [1.807, 2.05) is 0 Å². The molecule has 0 bridgehead atoms. The SMILES string of the molecule is Cc1ccc(CN(CC(O)C23CCC4C(CCC5C4(C)CCC4C(C)(C)C(OC(=O)CC(C)(C)C=O)CCC45C)C2=C(C(C)C)C(=O)C3)C2CCCN2)cc1. The normalized spacial score (nSPS) is 37.6. The Morgan fingerprint density at radius 1 is 0.982 bits per heavy atom. The third-order valence-electron chi connectivity index (χ3n) is 16.8. The number of hydrogen-bond donors (Lipinski definition) is 2. The lowest BCUT2D eigenvalue weighted by Crippen LogP contribution is -2.63. The summed E-state index contributed by atoms with van der Waals surface area (Å²) in [5.74, 6) is 1.98. The molecule has 7 heteroatoms. The molecule has 2 N–H and O–H groups in total. The van der Waals surface area contributed by atoms with Crippen molar-refractivity contribution >= 4 is 18.0 Å². The van der Waals surface area contributed by atoms with Gasteiger partial charge in [0.25, 0.3) is 0 Å². The molecule has 1 saturated heterocycles. The number of carbonyl (C=O) groups is 3. The summed E-state index contributed by atoms with van der Waals surface area (Å²) in [6, 6.07) is 8.81. The molecule has 55 heavy (non-hydrogen) atoms. The van der Waals surface area contributed by atoms with Crippen molar-refractivity contribution in [1.29, 1.82) is 0 Å². The van der Waals surface area contributed by atoms with Gasteiger partial charge in [-0.1, -0.05) is 90.8 Å². The first kappa shape index (κ1) is 40.8. The fraction of sp³-hybridized carbons (Fsp3) is 0.771. The number of aliphatic hydroxyl groups is 1. The molecular weight excluding hydrogens is 685 g/mol. The Morgan fingerprint density at radius 3 is 2.35 bits per heavy atom. The number of benzene rings is 1. The number of carbonyl (C=O) groups excluding carboxylic acids is 3. The van der Waals surface area contributed by atoms with Crippen molar-refractivity contribution < 1.29 is 24.2 Å². The van der Waals surface area contributed by atoms with Gasteiger partial charge in [0.1, 0.15) is 12.4 Å². The highest BCUT2D eigenvalue weighted by Crippen LogP contribution is 2.73. The van der Waals surface area contributed by atoms with E-state index in [0.717, 1.165) is 89.2 Å². The van der Waals surface area contributed by atoms with E-state index in [1.54, 1.807) is 13.8 Å². The first-order chi connectivity index (χ1) is 25.9. The topological polar surface area (TPSA) is 95.9 Å². The highest BCUT2D eigenvalue weighted by Gasteiger charge is 2.67. The van der Waals surface area contributed by atoms with Gasteiger partial charge in [-0.15, -0.1) is 0 Å². The van der Waals surface area contributed by atoms with Gasteiger partial charge in [-0.25, -0.2) is 0 Å². The molecule has 4 saturated carbocycles. The van der Waals surface area contributed by atoms with Crippen molar-refractivity contribution in [1.82, 2.24) is 10.2 Å². The van der Waals surface area contributed by atoms with Crippen LogP contribution in [-0.4, -0.2) is 59.5 Å². The van der Waals surface area contributed by atoms with Crippen LogP contribution in [0, 0.1) is 63.6 Å². The molecular formula is C48H72N2O5. The first-order valence-corrected chi connectivity index (χ1v) is 22.0. The minimum absolute atomic E-state index is 0.115. The molecule has 6 aliphatic rings. The number of fused-ring (bicyclic) bond motifs is 7. The summed E-state index contributed by atoms with van der Waals surface area (Å²) >= 11 is 0. The quantitative estimate of drug-likeness (QED) is 0.172. The van der Waals surface area contributed by atoms with Gasteiger partial charge in [-0.3, -0.25) is 14.5 Å². The predicted octanol–water partition coefficient (Wildman–Crippen LogP) is 8.99. The van der Waals surface area contributed by atoms with E-state index in [2.05, 4.69) is 82.9 Å². The fourth-order valence-electron chi connectivity index (χ4n) is 14.2. The first-order valence-electron chi connectivity index (χ1n) is 22.0. The van der Waals surface area contributed by atoms with Crippen molar-refractivity contribution in [3.63, 3.8) is 0 Å². The summed E-state index contributed by atoms with van der Waals surface area (Å²) in [7, 11) is 0. The van der Waals surface area contributed by atoms with Gasteiger partial charge in [0.05, 0.1) is 18.7 Å². The highest BCUT2D eigenvalue weighted by atomic mass is 16.5. The minimum Gasteiger partial charge on any atom is -0.462 e. The van der Waals surface area contributed by atoms with E-state index in [1.165, 1.54) is 16.7 Å². The number of hydrogen-bond acceptors (Lipinski definition) is 7. The monoisotopic (exact) mass is 757 g/mol. The van der Waals surface area contributed by atoms with Crippen LogP contribution in [0.5, 0.6) is 0 Å². The van der Waals surface area contributed by atoms with Crippen LogP contribution < -0.4 is 5.32 Å². The number of ether oxygens (including phenoxy) is 1. The largest absolute Gasteiger partial charge is 0.462 e. The van der Waals surface area contributed by atoms with Crippen molar-refractivity contribution in [2.75, 3.05) is 13.1 Å². The third kappa shape index (κ3) is 7.02. The van der Waals surface area contributed by atoms with E-state index in [9.17, 15) is 19.5 Å². The van der Waals surface area contributed by atoms with E-state index < -0.39 is 16.9 Å². The van der Waals surface area contributed by atoms with Crippen LogP contribution in [0.4, 0.5) is 0 Å². The Labute approximate surface area is 332 Å². The molecule has 7 rings (SSSR count). The summed E-state index contributed by atoms with van der Waals surface area (Å²) in [5.41, 5.74) is 3.82. The van der Waals surface area contributed by atoms with Gasteiger partial charge in [0, 0.05) is 35.8 Å². The maximum atomic E-state index is 14.3. The molecule has 7 nitrogen and oxygen atoms in total. The Bertz CT molecular complexity index is 1660. The van der Waals surface area contributed by atoms with Gasteiger partial charge >= 0.3 is 5.97 Å². The Balaban J connectivity index is 1.15. The number of nitrogens with zero attached hydrogens (tertiary/aromatic N) is 1. The second-order valence-electron chi connectivity index (χ2n) is 21.4. The maximum Gasteiger partial charge on any atom is 0.307 e. The van der Waals surface area contributed by atoms with Crippen LogP contribution in [0.25, 0.3) is 0 Å². The number of aldehydes is 1. The molecule has 1 aromatic carbocycles. The molecule has 5 fully saturated rings. The predicted molar refractivity (Wildman–Crippen MR) is 218 cm³/mol. The highest BCUT2D eigenvalue weighted by molar-refractivity contribution is 6.00. The second-order valence-corrected chi connectivity index (χ2v) is 21.4. The number of aliphatic hydroxyl groups excluding tert-OH is 1. The van der Waals surface area contributed by atoms with Crippen LogP contribution in [-0.2, 0) is 25.7 Å². The maximum absolute atomic E-state index is 14.3. The van der Waals surface area contributed by atoms with E-state index >= 15 is 0 Å². The number of aryl methyl sites for hydroxylation is 1. The lowest BCUT2D eigenvalue weighted by Gasteiger charge is -2.69. The number of ketones is 1. The molecule has 0 spiro atoms. The summed E-state index contributed by atoms with van der Waals surface area (Å²) in [4.78, 5) is 41.4. The van der Waals surface area contributed by atoms with Gasteiger partial charge < -0.3 is 20.0 Å². The molecule has 10 atom stereocenters. The van der Waals surface area contributed by atoms with Gasteiger partial charge in [0.15, 0.2) is 5.78 Å². The minimum atomic E-state index is -0.716. The summed E-state index contributed by atoms with van der Waals surface area (Å²) in [6.07, 6.45) is 11.4. The number of allylic oxidation sites excluding steroid dienone is 1. The molecule has 0 aromatic heterocycles. The van der Waals surface area contributed by atoms with Crippen LogP contribution in [0.1, 0.15) is 144 Å². The molecule has 0 radical (unpaired) electrons. The average Bonchev–Trinajstić information content (AvgIpc) is 3.76. The smallest absolute Gasteiger partial charge is 0.307 e. The van der Waals surface area contributed by atoms with Crippen molar-refractivity contribution in [2.24, 2.45) is 56.7 Å². The van der Waals surface area contributed by atoms with Crippen molar-refractivity contribution in [3.8, 4) is 0 Å². The molecule has 0 amide bonds. The molecule has 10 unspecified atom stereocenters. The molecule has 1 aliphatic heterocycles. The van der Waals surface area contributed by atoms with Gasteiger partial charge in [-0.05, 0) is 129 Å². The number of Topliss-reactive ketones (excluding diaryl/α,β-unsaturated/α-hetero) is 1. The Hall–Kier alpha value is -2.35. The van der Waals surface area contributed by atoms with Crippen LogP contribution in [0.2, 0.25) is 0 Å². The lowest BCUT2D eigenvalue weighted by molar-refractivity contribution is -0.214. The number of rotatable bonds is 11. The summed E-state index contributed by atoms with van der Waals surface area (Å²) in [6.45, 7) is 22.3. The molecule has 1 aromatic rings.